The molecule has 1 aromatic rings. The number of ether oxygens (including phenoxy) is 1. The molecule has 2 atom stereocenters. The molecule has 3 saturated heterocycles. The fraction of sp³-hybridized carbons (Fsp3) is 0.750. The Morgan fingerprint density at radius 1 is 0.941 bits per heavy atom. The first-order valence-electron chi connectivity index (χ1n) is 13.9. The number of piperazine rings is 1. The average Bonchev–Trinajstić information content (AvgIpc) is 3.60. The molecule has 1 aromatic carbocycles. The molecule has 4 aliphatic rings. The summed E-state index contributed by atoms with van der Waals surface area (Å²) in [5.41, 5.74) is 1.01. The maximum atomic E-state index is 12.8. The number of carbonyl (C=O) groups excluding carboxylic acids is 1. The molecule has 0 N–H and O–H groups in total. The number of likely N-dealkylation sites (tertiary alicyclic amines) is 1. The van der Waals surface area contributed by atoms with E-state index >= 15 is 0 Å². The topological polar surface area (TPSA) is 39.3 Å². The lowest BCUT2D eigenvalue weighted by molar-refractivity contribution is -0.117. The van der Waals surface area contributed by atoms with Crippen LogP contribution >= 0.6 is 0 Å². The minimum absolute atomic E-state index is 0.267. The highest BCUT2D eigenvalue weighted by atomic mass is 16.5. The van der Waals surface area contributed by atoms with Gasteiger partial charge in [-0.1, -0.05) is 12.8 Å². The number of anilines is 1. The summed E-state index contributed by atoms with van der Waals surface area (Å²) in [7, 11) is 0. The van der Waals surface area contributed by atoms with Gasteiger partial charge in [0.25, 0.3) is 0 Å². The molecular weight excluding hydrogens is 424 g/mol. The van der Waals surface area contributed by atoms with Crippen molar-refractivity contribution in [3.63, 3.8) is 0 Å². The van der Waals surface area contributed by atoms with Crippen LogP contribution < -0.4 is 9.64 Å². The zero-order valence-corrected chi connectivity index (χ0v) is 21.2. The summed E-state index contributed by atoms with van der Waals surface area (Å²) in [5.74, 6) is 1.61. The minimum atomic E-state index is 0.267. The number of rotatable bonds is 9. The van der Waals surface area contributed by atoms with Gasteiger partial charge >= 0.3 is 0 Å². The van der Waals surface area contributed by atoms with Gasteiger partial charge in [0, 0.05) is 70.0 Å². The van der Waals surface area contributed by atoms with Crippen molar-refractivity contribution in [2.75, 3.05) is 63.9 Å². The molecule has 6 nitrogen and oxygen atoms in total. The third-order valence-corrected chi connectivity index (χ3v) is 8.67. The van der Waals surface area contributed by atoms with Crippen LogP contribution in [0.25, 0.3) is 0 Å². The van der Waals surface area contributed by atoms with Crippen LogP contribution in [0.2, 0.25) is 0 Å². The van der Waals surface area contributed by atoms with Crippen LogP contribution in [0.4, 0.5) is 5.69 Å². The highest BCUT2D eigenvalue weighted by Crippen LogP contribution is 2.29. The molecule has 1 aliphatic carbocycles. The van der Waals surface area contributed by atoms with Crippen molar-refractivity contribution in [1.29, 1.82) is 0 Å². The molecule has 0 bridgehead atoms. The normalized spacial score (nSPS) is 27.8. The molecule has 1 saturated carbocycles. The van der Waals surface area contributed by atoms with Gasteiger partial charge in [-0.05, 0) is 75.8 Å². The van der Waals surface area contributed by atoms with Crippen molar-refractivity contribution >= 4 is 11.6 Å². The third kappa shape index (κ3) is 5.95. The molecule has 0 spiro atoms. The first-order valence-corrected chi connectivity index (χ1v) is 13.9. The maximum Gasteiger partial charge on any atom is 0.227 e. The van der Waals surface area contributed by atoms with Crippen molar-refractivity contribution in [1.82, 2.24) is 14.7 Å². The molecule has 0 aromatic heterocycles. The first-order chi connectivity index (χ1) is 16.7. The van der Waals surface area contributed by atoms with Crippen LogP contribution in [-0.4, -0.2) is 91.7 Å². The zero-order valence-electron chi connectivity index (χ0n) is 21.2. The summed E-state index contributed by atoms with van der Waals surface area (Å²) >= 11 is 0. The highest BCUT2D eigenvalue weighted by molar-refractivity contribution is 5.95. The molecule has 0 radical (unpaired) electrons. The lowest BCUT2D eigenvalue weighted by Gasteiger charge is -2.38. The van der Waals surface area contributed by atoms with E-state index < -0.39 is 0 Å². The van der Waals surface area contributed by atoms with Crippen molar-refractivity contribution < 1.29 is 9.53 Å². The first kappa shape index (κ1) is 24.1. The molecular formula is C28H44N4O2. The average molecular weight is 469 g/mol. The molecule has 188 valence electrons. The second-order valence-corrected chi connectivity index (χ2v) is 11.1. The van der Waals surface area contributed by atoms with E-state index in [1.165, 1.54) is 58.2 Å². The Labute approximate surface area is 206 Å². The van der Waals surface area contributed by atoms with E-state index in [1.807, 2.05) is 17.0 Å². The van der Waals surface area contributed by atoms with Gasteiger partial charge in [0.05, 0.1) is 6.61 Å². The van der Waals surface area contributed by atoms with Gasteiger partial charge in [0.2, 0.25) is 5.91 Å². The summed E-state index contributed by atoms with van der Waals surface area (Å²) < 4.78 is 5.97. The summed E-state index contributed by atoms with van der Waals surface area (Å²) in [4.78, 5) is 22.6. The zero-order chi connectivity index (χ0) is 23.3. The predicted octanol–water partition coefficient (Wildman–Crippen LogP) is 3.85. The van der Waals surface area contributed by atoms with Gasteiger partial charge in [-0.25, -0.2) is 0 Å². The molecule has 6 heteroatoms. The van der Waals surface area contributed by atoms with E-state index in [4.69, 9.17) is 4.74 Å². The van der Waals surface area contributed by atoms with Crippen LogP contribution in [0.15, 0.2) is 24.3 Å². The smallest absolute Gasteiger partial charge is 0.227 e. The van der Waals surface area contributed by atoms with Crippen molar-refractivity contribution in [2.24, 2.45) is 5.92 Å². The number of hydrogen-bond acceptors (Lipinski definition) is 5. The van der Waals surface area contributed by atoms with Gasteiger partial charge in [-0.3, -0.25) is 9.69 Å². The van der Waals surface area contributed by atoms with Gasteiger partial charge < -0.3 is 19.4 Å². The largest absolute Gasteiger partial charge is 0.494 e. The van der Waals surface area contributed by atoms with Crippen LogP contribution in [0.1, 0.15) is 58.3 Å². The van der Waals surface area contributed by atoms with Crippen LogP contribution in [0.3, 0.4) is 0 Å². The number of hydrogen-bond donors (Lipinski definition) is 0. The van der Waals surface area contributed by atoms with Gasteiger partial charge in [-0.2, -0.15) is 0 Å². The van der Waals surface area contributed by atoms with Crippen LogP contribution in [-0.2, 0) is 4.79 Å². The minimum Gasteiger partial charge on any atom is -0.494 e. The fourth-order valence-corrected chi connectivity index (χ4v) is 6.60. The van der Waals surface area contributed by atoms with E-state index in [9.17, 15) is 4.79 Å². The Morgan fingerprint density at radius 3 is 2.41 bits per heavy atom. The van der Waals surface area contributed by atoms with E-state index in [0.29, 0.717) is 12.3 Å². The van der Waals surface area contributed by atoms with Crippen LogP contribution in [0, 0.1) is 5.92 Å². The number of carbonyl (C=O) groups is 1. The summed E-state index contributed by atoms with van der Waals surface area (Å²) in [6.07, 6.45) is 10.0. The van der Waals surface area contributed by atoms with E-state index in [1.54, 1.807) is 0 Å². The van der Waals surface area contributed by atoms with Gasteiger partial charge in [-0.15, -0.1) is 0 Å². The molecule has 34 heavy (non-hydrogen) atoms. The van der Waals surface area contributed by atoms with Crippen molar-refractivity contribution in [2.45, 2.75) is 70.4 Å². The van der Waals surface area contributed by atoms with E-state index in [2.05, 4.69) is 33.8 Å². The number of nitrogens with zero attached hydrogens (tertiary/aromatic N) is 4. The SMILES string of the molecule is CC1CCCN1CCCOc1ccc(N2CC(CN3CCN(C4CCCC4)CC3)CC2=O)cc1. The Kier molecular flexibility index (Phi) is 8.08. The summed E-state index contributed by atoms with van der Waals surface area (Å²) in [6.45, 7) is 12.0. The molecule has 3 aliphatic heterocycles. The molecule has 3 heterocycles. The Hall–Kier alpha value is -1.63. The molecule has 4 fully saturated rings. The van der Waals surface area contributed by atoms with E-state index in [-0.39, 0.29) is 5.91 Å². The molecule has 2 unspecified atom stereocenters. The Bertz CT molecular complexity index is 786. The monoisotopic (exact) mass is 468 g/mol. The van der Waals surface area contributed by atoms with Gasteiger partial charge in [0.15, 0.2) is 0 Å². The van der Waals surface area contributed by atoms with Crippen LogP contribution in [0.5, 0.6) is 5.75 Å². The highest BCUT2D eigenvalue weighted by Gasteiger charge is 2.33. The quantitative estimate of drug-likeness (QED) is 0.515. The number of benzene rings is 1. The number of amides is 1. The summed E-state index contributed by atoms with van der Waals surface area (Å²) in [6, 6.07) is 9.72. The Balaban J connectivity index is 1.03. The Morgan fingerprint density at radius 2 is 1.71 bits per heavy atom. The second kappa shape index (κ2) is 11.4. The summed E-state index contributed by atoms with van der Waals surface area (Å²) in [5, 5.41) is 0. The predicted molar refractivity (Wildman–Crippen MR) is 138 cm³/mol. The molecule has 1 amide bonds. The fourth-order valence-electron chi connectivity index (χ4n) is 6.60. The lowest BCUT2D eigenvalue weighted by Crippen LogP contribution is -2.50. The second-order valence-electron chi connectivity index (χ2n) is 11.1. The van der Waals surface area contributed by atoms with Crippen molar-refractivity contribution in [3.8, 4) is 5.75 Å². The van der Waals surface area contributed by atoms with Crippen molar-refractivity contribution in [3.05, 3.63) is 24.3 Å². The third-order valence-electron chi connectivity index (χ3n) is 8.67. The van der Waals surface area contributed by atoms with E-state index in [0.717, 1.165) is 69.3 Å². The standard InChI is InChI=1S/C28H44N4O2/c1-23-6-4-13-30(23)14-5-19-34-27-11-9-26(10-12-27)32-22-24(20-28(32)33)21-29-15-17-31(18-16-29)25-7-2-3-8-25/h9-12,23-25H,2-8,13-22H2,1H3. The maximum absolute atomic E-state index is 12.8. The lowest BCUT2D eigenvalue weighted by atomic mass is 10.1. The molecule has 5 rings (SSSR count). The van der Waals surface area contributed by atoms with Gasteiger partial charge in [0.1, 0.15) is 5.75 Å².